The predicted octanol–water partition coefficient (Wildman–Crippen LogP) is 5.43. The van der Waals surface area contributed by atoms with Crippen molar-refractivity contribution in [1.29, 1.82) is 0 Å². The number of ether oxygens (including phenoxy) is 1. The molecule has 0 aliphatic carbocycles. The van der Waals surface area contributed by atoms with Gasteiger partial charge in [-0.2, -0.15) is 0 Å². The summed E-state index contributed by atoms with van der Waals surface area (Å²) in [6.45, 7) is 13.6. The third-order valence-corrected chi connectivity index (χ3v) is 8.80. The van der Waals surface area contributed by atoms with Gasteiger partial charge in [-0.15, -0.1) is 16.4 Å². The Morgan fingerprint density at radius 2 is 2.03 bits per heavy atom. The number of benzene rings is 1. The van der Waals surface area contributed by atoms with Gasteiger partial charge in [-0.25, -0.2) is 9.67 Å². The molecule has 180 valence electrons. The highest BCUT2D eigenvalue weighted by Gasteiger charge is 2.41. The molecule has 11 heteroatoms. The van der Waals surface area contributed by atoms with Crippen LogP contribution in [0, 0.1) is 11.3 Å². The van der Waals surface area contributed by atoms with Gasteiger partial charge in [0, 0.05) is 20.6 Å². The van der Waals surface area contributed by atoms with E-state index in [1.165, 1.54) is 0 Å². The van der Waals surface area contributed by atoms with E-state index in [1.54, 1.807) is 16.0 Å². The van der Waals surface area contributed by atoms with Gasteiger partial charge in [-0.1, -0.05) is 52.5 Å². The molecule has 1 aromatic carbocycles. The smallest absolute Gasteiger partial charge is 0.307 e. The fourth-order valence-electron chi connectivity index (χ4n) is 3.98. The summed E-state index contributed by atoms with van der Waals surface area (Å²) in [5.74, 6) is -1.50. The van der Waals surface area contributed by atoms with Crippen molar-refractivity contribution < 1.29 is 14.6 Å². The first-order valence-electron chi connectivity index (χ1n) is 11.0. The van der Waals surface area contributed by atoms with E-state index in [0.29, 0.717) is 18.9 Å². The van der Waals surface area contributed by atoms with Crippen LogP contribution in [0.25, 0.3) is 10.2 Å². The van der Waals surface area contributed by atoms with Gasteiger partial charge in [0.05, 0.1) is 16.1 Å². The molecule has 0 aliphatic rings. The van der Waals surface area contributed by atoms with Crippen molar-refractivity contribution in [3.8, 4) is 0 Å². The molecule has 0 bridgehead atoms. The maximum atomic E-state index is 12.5. The molecule has 0 unspecified atom stereocenters. The van der Waals surface area contributed by atoms with E-state index in [0.717, 1.165) is 25.7 Å². The van der Waals surface area contributed by atoms with Crippen LogP contribution in [0.2, 0.25) is 25.7 Å². The van der Waals surface area contributed by atoms with E-state index in [4.69, 9.17) is 4.74 Å². The largest absolute Gasteiger partial charge is 0.481 e. The first-order valence-corrected chi connectivity index (χ1v) is 16.3. The zero-order chi connectivity index (χ0) is 24.4. The van der Waals surface area contributed by atoms with Crippen molar-refractivity contribution in [2.24, 2.45) is 11.3 Å². The summed E-state index contributed by atoms with van der Waals surface area (Å²) in [5, 5.41) is 22.5. The number of carbonyl (C=O) groups is 1. The van der Waals surface area contributed by atoms with Crippen molar-refractivity contribution >= 4 is 51.5 Å². The van der Waals surface area contributed by atoms with E-state index in [2.05, 4.69) is 56.1 Å². The molecule has 0 fully saturated rings. The molecular formula is C22H32BrN5O3SSi. The number of nitrogens with zero attached hydrogens (tertiary/aromatic N) is 5. The number of carboxylic acids is 1. The number of tetrazole rings is 1. The SMILES string of the molecule is CC(C)(C)[C@H](C(=O)O)[C@H](Cc1cccc2sc(Br)nc12)c1nnnn1COCC[Si](C)(C)C. The molecule has 2 heterocycles. The number of fused-ring (bicyclic) bond motifs is 1. The third-order valence-electron chi connectivity index (χ3n) is 5.62. The van der Waals surface area contributed by atoms with Crippen molar-refractivity contribution in [2.45, 2.75) is 65.5 Å². The molecule has 0 amide bonds. The topological polar surface area (TPSA) is 103 Å². The second-order valence-corrected chi connectivity index (χ2v) is 18.5. The molecule has 2 aromatic heterocycles. The van der Waals surface area contributed by atoms with Crippen LogP contribution in [-0.4, -0.2) is 50.9 Å². The monoisotopic (exact) mass is 553 g/mol. The lowest BCUT2D eigenvalue weighted by molar-refractivity contribution is -0.146. The third kappa shape index (κ3) is 6.68. The highest BCUT2D eigenvalue weighted by molar-refractivity contribution is 9.11. The van der Waals surface area contributed by atoms with Crippen LogP contribution in [0.15, 0.2) is 22.1 Å². The highest BCUT2D eigenvalue weighted by atomic mass is 79.9. The summed E-state index contributed by atoms with van der Waals surface area (Å²) < 4.78 is 9.34. The van der Waals surface area contributed by atoms with Crippen LogP contribution in [-0.2, 0) is 22.7 Å². The number of hydrogen-bond donors (Lipinski definition) is 1. The number of para-hydroxylation sites is 1. The molecule has 3 aromatic rings. The molecule has 33 heavy (non-hydrogen) atoms. The van der Waals surface area contributed by atoms with E-state index in [-0.39, 0.29) is 6.73 Å². The normalized spacial score (nSPS) is 14.5. The minimum Gasteiger partial charge on any atom is -0.481 e. The number of rotatable bonds is 10. The Labute approximate surface area is 207 Å². The van der Waals surface area contributed by atoms with Crippen molar-refractivity contribution in [2.75, 3.05) is 6.61 Å². The number of aliphatic carboxylic acids is 1. The second-order valence-electron chi connectivity index (χ2n) is 10.6. The van der Waals surface area contributed by atoms with Crippen LogP contribution < -0.4 is 0 Å². The van der Waals surface area contributed by atoms with Crippen LogP contribution in [0.5, 0.6) is 0 Å². The Morgan fingerprint density at radius 3 is 2.67 bits per heavy atom. The Morgan fingerprint density at radius 1 is 1.30 bits per heavy atom. The van der Waals surface area contributed by atoms with Gasteiger partial charge in [-0.05, 0) is 55.9 Å². The van der Waals surface area contributed by atoms with Crippen molar-refractivity contribution in [3.63, 3.8) is 0 Å². The second kappa shape index (κ2) is 10.3. The van der Waals surface area contributed by atoms with Gasteiger partial charge in [-0.3, -0.25) is 4.79 Å². The summed E-state index contributed by atoms with van der Waals surface area (Å²) in [6, 6.07) is 7.04. The zero-order valence-electron chi connectivity index (χ0n) is 20.0. The summed E-state index contributed by atoms with van der Waals surface area (Å²) in [4.78, 5) is 17.1. The van der Waals surface area contributed by atoms with Gasteiger partial charge in [0.15, 0.2) is 9.74 Å². The molecule has 0 saturated heterocycles. The van der Waals surface area contributed by atoms with Crippen molar-refractivity contribution in [3.05, 3.63) is 33.5 Å². The summed E-state index contributed by atoms with van der Waals surface area (Å²) in [5.41, 5.74) is 1.34. The van der Waals surface area contributed by atoms with E-state index in [1.807, 2.05) is 39.0 Å². The molecule has 2 atom stereocenters. The van der Waals surface area contributed by atoms with Gasteiger partial charge >= 0.3 is 5.97 Å². The van der Waals surface area contributed by atoms with Crippen LogP contribution in [0.1, 0.15) is 38.1 Å². The van der Waals surface area contributed by atoms with Crippen molar-refractivity contribution in [1.82, 2.24) is 25.2 Å². The Balaban J connectivity index is 1.97. The maximum Gasteiger partial charge on any atom is 0.307 e. The Kier molecular flexibility index (Phi) is 8.08. The predicted molar refractivity (Wildman–Crippen MR) is 136 cm³/mol. The standard InChI is InChI=1S/C22H32BrN5O3SSi/c1-22(2,3)17(20(29)30)15(12-14-8-7-9-16-18(14)24-21(23)32-16)19-25-26-27-28(19)13-31-10-11-33(4,5)6/h7-9,15,17H,10-13H2,1-6H3,(H,29,30)/t15-,17-/m0/s1. The molecule has 3 rings (SSSR count). The maximum absolute atomic E-state index is 12.5. The average Bonchev–Trinajstić information content (AvgIpc) is 3.28. The zero-order valence-corrected chi connectivity index (χ0v) is 23.4. The minimum absolute atomic E-state index is 0.201. The van der Waals surface area contributed by atoms with E-state index in [9.17, 15) is 9.90 Å². The summed E-state index contributed by atoms with van der Waals surface area (Å²) in [6.07, 6.45) is 0.455. The van der Waals surface area contributed by atoms with Gasteiger partial charge in [0.1, 0.15) is 6.73 Å². The Bertz CT molecular complexity index is 1110. The number of hydrogen-bond acceptors (Lipinski definition) is 7. The van der Waals surface area contributed by atoms with E-state index < -0.39 is 31.3 Å². The summed E-state index contributed by atoms with van der Waals surface area (Å²) in [7, 11) is -1.22. The molecule has 0 spiro atoms. The van der Waals surface area contributed by atoms with Gasteiger partial charge < -0.3 is 9.84 Å². The number of aromatic nitrogens is 5. The van der Waals surface area contributed by atoms with Crippen LogP contribution in [0.3, 0.4) is 0 Å². The molecule has 0 saturated carbocycles. The number of halogens is 1. The minimum atomic E-state index is -1.22. The Hall–Kier alpha value is -1.69. The molecule has 1 N–H and O–H groups in total. The average molecular weight is 555 g/mol. The first-order chi connectivity index (χ1) is 15.4. The quantitative estimate of drug-likeness (QED) is 0.263. The fraction of sp³-hybridized carbons (Fsp3) is 0.591. The molecule has 0 radical (unpaired) electrons. The lowest BCUT2D eigenvalue weighted by atomic mass is 9.70. The number of carboxylic acid groups (broad SMARTS) is 1. The molecule has 0 aliphatic heterocycles. The lowest BCUT2D eigenvalue weighted by Crippen LogP contribution is -2.36. The van der Waals surface area contributed by atoms with Crippen LogP contribution in [0.4, 0.5) is 0 Å². The molecular weight excluding hydrogens is 522 g/mol. The fourth-order valence-corrected chi connectivity index (χ4v) is 6.18. The van der Waals surface area contributed by atoms with Gasteiger partial charge in [0.25, 0.3) is 0 Å². The van der Waals surface area contributed by atoms with E-state index >= 15 is 0 Å². The van der Waals surface area contributed by atoms with Crippen LogP contribution >= 0.6 is 27.3 Å². The molecule has 8 nitrogen and oxygen atoms in total. The first kappa shape index (κ1) is 25.9. The number of thiazole rings is 1. The van der Waals surface area contributed by atoms with Gasteiger partial charge in [0.2, 0.25) is 0 Å². The lowest BCUT2D eigenvalue weighted by Gasteiger charge is -2.33. The highest BCUT2D eigenvalue weighted by Crippen LogP contribution is 2.41. The summed E-state index contributed by atoms with van der Waals surface area (Å²) >= 11 is 5.03.